The van der Waals surface area contributed by atoms with Gasteiger partial charge >= 0.3 is 5.97 Å². The van der Waals surface area contributed by atoms with Crippen LogP contribution in [0.25, 0.3) is 0 Å². The summed E-state index contributed by atoms with van der Waals surface area (Å²) in [5.41, 5.74) is -1.33. The number of aliphatic hydroxyl groups is 1. The van der Waals surface area contributed by atoms with Crippen molar-refractivity contribution in [1.29, 1.82) is 0 Å². The zero-order valence-corrected chi connectivity index (χ0v) is 9.45. The lowest BCUT2D eigenvalue weighted by Gasteiger charge is -2.42. The van der Waals surface area contributed by atoms with Gasteiger partial charge in [0.1, 0.15) is 11.7 Å². The number of esters is 1. The molecule has 2 saturated heterocycles. The van der Waals surface area contributed by atoms with Crippen LogP contribution in [0.4, 0.5) is 0 Å². The minimum absolute atomic E-state index is 0.195. The molecule has 0 unspecified atom stereocenters. The average molecular weight is 214 g/mol. The molecule has 2 aliphatic rings. The first-order valence-corrected chi connectivity index (χ1v) is 5.41. The standard InChI is InChI=1S/C11H18O4/c1-10(2,13)7-4-5-11(3)8(14-7)6-9(12)15-11/h7-8,13H,4-6H2,1-3H3/t7-,8-,11-/m1/s1. The first-order chi connectivity index (χ1) is 6.81. The molecule has 2 heterocycles. The van der Waals surface area contributed by atoms with E-state index in [0.717, 1.165) is 12.8 Å². The molecule has 1 N–H and O–H groups in total. The third-order valence-corrected chi connectivity index (χ3v) is 3.40. The molecule has 0 saturated carbocycles. The highest BCUT2D eigenvalue weighted by molar-refractivity contribution is 5.73. The summed E-state index contributed by atoms with van der Waals surface area (Å²) in [7, 11) is 0. The Morgan fingerprint density at radius 3 is 2.80 bits per heavy atom. The highest BCUT2D eigenvalue weighted by Gasteiger charge is 2.52. The fourth-order valence-corrected chi connectivity index (χ4v) is 2.34. The molecule has 0 bridgehead atoms. The normalized spacial score (nSPS) is 41.2. The molecule has 0 spiro atoms. The maximum absolute atomic E-state index is 11.2. The Hall–Kier alpha value is -0.610. The van der Waals surface area contributed by atoms with Gasteiger partial charge in [0.05, 0.1) is 18.1 Å². The third kappa shape index (κ3) is 1.88. The summed E-state index contributed by atoms with van der Waals surface area (Å²) in [6.45, 7) is 5.37. The lowest BCUT2D eigenvalue weighted by molar-refractivity contribution is -0.193. The molecule has 86 valence electrons. The largest absolute Gasteiger partial charge is 0.456 e. The van der Waals surface area contributed by atoms with E-state index in [1.165, 1.54) is 0 Å². The van der Waals surface area contributed by atoms with Crippen molar-refractivity contribution in [3.05, 3.63) is 0 Å². The molecule has 4 nitrogen and oxygen atoms in total. The predicted molar refractivity (Wildman–Crippen MR) is 53.3 cm³/mol. The molecule has 2 aliphatic heterocycles. The predicted octanol–water partition coefficient (Wildman–Crippen LogP) is 1.01. The van der Waals surface area contributed by atoms with Crippen molar-refractivity contribution in [3.8, 4) is 0 Å². The summed E-state index contributed by atoms with van der Waals surface area (Å²) in [4.78, 5) is 11.2. The van der Waals surface area contributed by atoms with Gasteiger partial charge in [-0.15, -0.1) is 0 Å². The van der Waals surface area contributed by atoms with E-state index in [2.05, 4.69) is 0 Å². The Bertz CT molecular complexity index is 281. The Balaban J connectivity index is 2.10. The second-order valence-electron chi connectivity index (χ2n) is 5.30. The monoisotopic (exact) mass is 214 g/mol. The molecular formula is C11H18O4. The molecule has 0 radical (unpaired) electrons. The molecule has 0 aromatic carbocycles. The van der Waals surface area contributed by atoms with Crippen LogP contribution in [-0.2, 0) is 14.3 Å². The zero-order chi connectivity index (χ0) is 11.3. The van der Waals surface area contributed by atoms with Gasteiger partial charge in [0.2, 0.25) is 0 Å². The first kappa shape index (κ1) is 10.9. The van der Waals surface area contributed by atoms with E-state index in [9.17, 15) is 9.90 Å². The number of rotatable bonds is 1. The molecule has 0 amide bonds. The van der Waals surface area contributed by atoms with Crippen LogP contribution < -0.4 is 0 Å². The summed E-state index contributed by atoms with van der Waals surface area (Å²) < 4.78 is 11.0. The second kappa shape index (κ2) is 3.19. The third-order valence-electron chi connectivity index (χ3n) is 3.40. The van der Waals surface area contributed by atoms with Crippen molar-refractivity contribution in [2.45, 2.75) is 63.4 Å². The second-order valence-corrected chi connectivity index (χ2v) is 5.30. The SMILES string of the molecule is CC(C)(O)[C@H]1CC[C@@]2(C)OC(=O)C[C@H]2O1. The highest BCUT2D eigenvalue weighted by Crippen LogP contribution is 2.41. The van der Waals surface area contributed by atoms with Gasteiger partial charge in [0.25, 0.3) is 0 Å². The molecule has 2 fully saturated rings. The number of carbonyl (C=O) groups excluding carboxylic acids is 1. The van der Waals surface area contributed by atoms with Crippen LogP contribution in [-0.4, -0.2) is 34.5 Å². The van der Waals surface area contributed by atoms with E-state index in [1.807, 2.05) is 6.92 Å². The van der Waals surface area contributed by atoms with E-state index in [0.29, 0.717) is 6.42 Å². The smallest absolute Gasteiger partial charge is 0.309 e. The Kier molecular flexibility index (Phi) is 2.32. The van der Waals surface area contributed by atoms with Crippen molar-refractivity contribution in [1.82, 2.24) is 0 Å². The first-order valence-electron chi connectivity index (χ1n) is 5.41. The lowest BCUT2D eigenvalue weighted by Crippen LogP contribution is -2.51. The van der Waals surface area contributed by atoms with Crippen LogP contribution in [0.15, 0.2) is 0 Å². The molecule has 0 aliphatic carbocycles. The molecule has 15 heavy (non-hydrogen) atoms. The van der Waals surface area contributed by atoms with Crippen LogP contribution in [0.2, 0.25) is 0 Å². The van der Waals surface area contributed by atoms with Crippen LogP contribution in [0.5, 0.6) is 0 Å². The number of carbonyl (C=O) groups is 1. The lowest BCUT2D eigenvalue weighted by atomic mass is 9.84. The maximum Gasteiger partial charge on any atom is 0.309 e. The van der Waals surface area contributed by atoms with Gasteiger partial charge in [-0.1, -0.05) is 0 Å². The van der Waals surface area contributed by atoms with Crippen molar-refractivity contribution in [2.75, 3.05) is 0 Å². The quantitative estimate of drug-likeness (QED) is 0.662. The van der Waals surface area contributed by atoms with Gasteiger partial charge in [-0.05, 0) is 33.6 Å². The Morgan fingerprint density at radius 2 is 2.20 bits per heavy atom. The summed E-state index contributed by atoms with van der Waals surface area (Å²) in [6.07, 6.45) is 1.39. The van der Waals surface area contributed by atoms with Crippen LogP contribution in [0.1, 0.15) is 40.0 Å². The van der Waals surface area contributed by atoms with Gasteiger partial charge in [-0.3, -0.25) is 4.79 Å². The Morgan fingerprint density at radius 1 is 1.53 bits per heavy atom. The van der Waals surface area contributed by atoms with Gasteiger partial charge in [-0.2, -0.15) is 0 Å². The van der Waals surface area contributed by atoms with Crippen molar-refractivity contribution in [2.24, 2.45) is 0 Å². The summed E-state index contributed by atoms with van der Waals surface area (Å²) >= 11 is 0. The number of hydrogen-bond acceptors (Lipinski definition) is 4. The van der Waals surface area contributed by atoms with Crippen molar-refractivity contribution < 1.29 is 19.4 Å². The van der Waals surface area contributed by atoms with Crippen molar-refractivity contribution >= 4 is 5.97 Å². The van der Waals surface area contributed by atoms with E-state index >= 15 is 0 Å². The fraction of sp³-hybridized carbons (Fsp3) is 0.909. The minimum Gasteiger partial charge on any atom is -0.456 e. The average Bonchev–Trinajstić information content (AvgIpc) is 2.35. The van der Waals surface area contributed by atoms with Crippen LogP contribution in [0, 0.1) is 0 Å². The molecule has 0 aromatic rings. The molecule has 4 heteroatoms. The van der Waals surface area contributed by atoms with Crippen LogP contribution >= 0.6 is 0 Å². The Labute approximate surface area is 89.6 Å². The van der Waals surface area contributed by atoms with Crippen molar-refractivity contribution in [3.63, 3.8) is 0 Å². The highest BCUT2D eigenvalue weighted by atomic mass is 16.6. The fourth-order valence-electron chi connectivity index (χ4n) is 2.34. The van der Waals surface area contributed by atoms with E-state index < -0.39 is 11.2 Å². The molecule has 2 rings (SSSR count). The van der Waals surface area contributed by atoms with Gasteiger partial charge in [0, 0.05) is 0 Å². The number of fused-ring (bicyclic) bond motifs is 1. The van der Waals surface area contributed by atoms with Gasteiger partial charge in [-0.25, -0.2) is 0 Å². The summed E-state index contributed by atoms with van der Waals surface area (Å²) in [5.74, 6) is -0.195. The number of hydrogen-bond donors (Lipinski definition) is 1. The molecule has 3 atom stereocenters. The van der Waals surface area contributed by atoms with E-state index in [4.69, 9.17) is 9.47 Å². The van der Waals surface area contributed by atoms with E-state index in [-0.39, 0.29) is 18.2 Å². The summed E-state index contributed by atoms with van der Waals surface area (Å²) in [5, 5.41) is 9.86. The zero-order valence-electron chi connectivity index (χ0n) is 9.45. The van der Waals surface area contributed by atoms with Crippen LogP contribution in [0.3, 0.4) is 0 Å². The molecule has 0 aromatic heterocycles. The van der Waals surface area contributed by atoms with E-state index in [1.54, 1.807) is 13.8 Å². The topological polar surface area (TPSA) is 55.8 Å². The maximum atomic E-state index is 11.2. The number of ether oxygens (including phenoxy) is 2. The van der Waals surface area contributed by atoms with Gasteiger partial charge < -0.3 is 14.6 Å². The molecular weight excluding hydrogens is 196 g/mol. The minimum atomic E-state index is -0.854. The summed E-state index contributed by atoms with van der Waals surface area (Å²) in [6, 6.07) is 0. The van der Waals surface area contributed by atoms with Gasteiger partial charge in [0.15, 0.2) is 0 Å².